The van der Waals surface area contributed by atoms with Crippen LogP contribution in [0.2, 0.25) is 0 Å². The molecule has 2 saturated carbocycles. The van der Waals surface area contributed by atoms with Gasteiger partial charge in [0.05, 0.1) is 6.04 Å². The molecule has 3 rings (SSSR count). The van der Waals surface area contributed by atoms with Crippen LogP contribution in [0.5, 0.6) is 0 Å². The third-order valence-electron chi connectivity index (χ3n) is 9.61. The third-order valence-corrected chi connectivity index (χ3v) is 9.61. The Kier molecular flexibility index (Phi) is 14.8. The molecule has 3 aliphatic rings. The van der Waals surface area contributed by atoms with Gasteiger partial charge in [-0.15, -0.1) is 0 Å². The lowest BCUT2D eigenvalue weighted by molar-refractivity contribution is 0.109. The minimum absolute atomic E-state index is 0.699. The minimum Gasteiger partial charge on any atom is -0.290 e. The first-order chi connectivity index (χ1) is 17.3. The van der Waals surface area contributed by atoms with E-state index in [-0.39, 0.29) is 0 Å². The molecule has 0 aromatic rings. The second-order valence-corrected chi connectivity index (χ2v) is 12.5. The van der Waals surface area contributed by atoms with E-state index in [9.17, 15) is 0 Å². The van der Waals surface area contributed by atoms with Crippen LogP contribution >= 0.6 is 0 Å². The average molecular weight is 487 g/mol. The largest absolute Gasteiger partial charge is 0.290 e. The molecule has 2 heteroatoms. The molecule has 2 nitrogen and oxygen atoms in total. The van der Waals surface area contributed by atoms with Gasteiger partial charge in [0, 0.05) is 17.7 Å². The zero-order valence-electron chi connectivity index (χ0n) is 24.1. The summed E-state index contributed by atoms with van der Waals surface area (Å²) in [5.41, 5.74) is 1.69. The Hall–Kier alpha value is -0.530. The Bertz CT molecular complexity index is 531. The molecule has 0 bridgehead atoms. The van der Waals surface area contributed by atoms with Gasteiger partial charge in [-0.05, 0) is 44.4 Å². The van der Waals surface area contributed by atoms with Crippen molar-refractivity contribution in [2.75, 3.05) is 0 Å². The molecular weight excluding hydrogens is 424 g/mol. The van der Waals surface area contributed by atoms with Crippen molar-refractivity contribution in [2.24, 2.45) is 16.9 Å². The van der Waals surface area contributed by atoms with E-state index in [1.807, 2.05) is 0 Å². The van der Waals surface area contributed by atoms with Gasteiger partial charge in [-0.25, -0.2) is 0 Å². The average Bonchev–Trinajstić information content (AvgIpc) is 3.16. The van der Waals surface area contributed by atoms with E-state index in [0.29, 0.717) is 12.1 Å². The molecule has 35 heavy (non-hydrogen) atoms. The van der Waals surface area contributed by atoms with Crippen molar-refractivity contribution in [1.82, 2.24) is 5.01 Å². The highest BCUT2D eigenvalue weighted by Crippen LogP contribution is 2.39. The standard InChI is InChI=1S/C33H62N2/c1-3-5-27-31-32(28-6-4-2)35(30-25-21-17-13-9-10-14-18-22-26-30)34-33(31)29-23-19-15-11-7-8-12-16-20-24-29/h29-32H,3-28H2,1-2H3. The normalized spacial score (nSPS) is 27.7. The van der Waals surface area contributed by atoms with Gasteiger partial charge in [0.2, 0.25) is 0 Å². The van der Waals surface area contributed by atoms with Crippen molar-refractivity contribution in [3.05, 3.63) is 0 Å². The van der Waals surface area contributed by atoms with Gasteiger partial charge in [0.15, 0.2) is 0 Å². The van der Waals surface area contributed by atoms with Crippen LogP contribution in [0.1, 0.15) is 181 Å². The maximum atomic E-state index is 5.75. The molecule has 1 aliphatic heterocycles. The van der Waals surface area contributed by atoms with Crippen LogP contribution in [-0.4, -0.2) is 22.8 Å². The second-order valence-electron chi connectivity index (χ2n) is 12.5. The zero-order chi connectivity index (χ0) is 24.6. The van der Waals surface area contributed by atoms with E-state index in [1.54, 1.807) is 5.71 Å². The molecule has 0 radical (unpaired) electrons. The van der Waals surface area contributed by atoms with Crippen LogP contribution in [0.4, 0.5) is 0 Å². The number of hydrazone groups is 1. The summed E-state index contributed by atoms with van der Waals surface area (Å²) >= 11 is 0. The number of unbranched alkanes of at least 4 members (excludes halogenated alkanes) is 2. The summed E-state index contributed by atoms with van der Waals surface area (Å²) in [5, 5.41) is 8.54. The minimum atomic E-state index is 0.699. The molecule has 0 N–H and O–H groups in total. The van der Waals surface area contributed by atoms with Crippen LogP contribution in [0, 0.1) is 11.8 Å². The lowest BCUT2D eigenvalue weighted by Crippen LogP contribution is -2.40. The lowest BCUT2D eigenvalue weighted by atomic mass is 9.78. The summed E-state index contributed by atoms with van der Waals surface area (Å²) in [7, 11) is 0. The van der Waals surface area contributed by atoms with E-state index in [0.717, 1.165) is 11.8 Å². The van der Waals surface area contributed by atoms with Crippen molar-refractivity contribution in [2.45, 2.75) is 193 Å². The Balaban J connectivity index is 1.82. The van der Waals surface area contributed by atoms with Crippen molar-refractivity contribution in [3.8, 4) is 0 Å². The fraction of sp³-hybridized carbons (Fsp3) is 0.970. The molecular formula is C33H62N2. The van der Waals surface area contributed by atoms with Crippen LogP contribution in [0.3, 0.4) is 0 Å². The van der Waals surface area contributed by atoms with Crippen LogP contribution in [0.15, 0.2) is 5.10 Å². The van der Waals surface area contributed by atoms with Crippen LogP contribution in [-0.2, 0) is 0 Å². The molecule has 0 aromatic carbocycles. The Labute approximate surface area is 220 Å². The summed E-state index contributed by atoms with van der Waals surface area (Å²) in [6.07, 6.45) is 37.1. The number of nitrogens with zero attached hydrogens (tertiary/aromatic N) is 2. The van der Waals surface area contributed by atoms with E-state index >= 15 is 0 Å². The first-order valence-corrected chi connectivity index (χ1v) is 16.7. The van der Waals surface area contributed by atoms with Crippen molar-refractivity contribution in [1.29, 1.82) is 0 Å². The van der Waals surface area contributed by atoms with E-state index in [2.05, 4.69) is 18.9 Å². The van der Waals surface area contributed by atoms with E-state index in [4.69, 9.17) is 5.10 Å². The maximum Gasteiger partial charge on any atom is 0.0555 e. The van der Waals surface area contributed by atoms with Crippen molar-refractivity contribution >= 4 is 5.71 Å². The number of hydrogen-bond donors (Lipinski definition) is 0. The molecule has 2 atom stereocenters. The summed E-state index contributed by atoms with van der Waals surface area (Å²) in [5.74, 6) is 1.52. The molecule has 1 heterocycles. The topological polar surface area (TPSA) is 15.6 Å². The third kappa shape index (κ3) is 10.0. The van der Waals surface area contributed by atoms with Gasteiger partial charge in [-0.3, -0.25) is 5.01 Å². The van der Waals surface area contributed by atoms with Gasteiger partial charge in [-0.1, -0.05) is 142 Å². The number of rotatable bonds is 8. The second kappa shape index (κ2) is 17.8. The Morgan fingerprint density at radius 3 is 1.49 bits per heavy atom. The molecule has 0 saturated heterocycles. The number of hydrogen-bond acceptors (Lipinski definition) is 2. The van der Waals surface area contributed by atoms with E-state index < -0.39 is 0 Å². The predicted molar refractivity (Wildman–Crippen MR) is 155 cm³/mol. The van der Waals surface area contributed by atoms with Crippen LogP contribution < -0.4 is 0 Å². The summed E-state index contributed by atoms with van der Waals surface area (Å²) in [4.78, 5) is 0. The smallest absolute Gasteiger partial charge is 0.0555 e. The molecule has 2 fully saturated rings. The molecule has 0 spiro atoms. The van der Waals surface area contributed by atoms with Gasteiger partial charge in [-0.2, -0.15) is 5.10 Å². The maximum absolute atomic E-state index is 5.75. The highest BCUT2D eigenvalue weighted by atomic mass is 15.5. The Morgan fingerprint density at radius 2 is 1.00 bits per heavy atom. The van der Waals surface area contributed by atoms with Crippen LogP contribution in [0.25, 0.3) is 0 Å². The summed E-state index contributed by atoms with van der Waals surface area (Å²) < 4.78 is 0. The molecule has 204 valence electrons. The predicted octanol–water partition coefficient (Wildman–Crippen LogP) is 10.8. The first kappa shape index (κ1) is 29.0. The van der Waals surface area contributed by atoms with Gasteiger partial charge < -0.3 is 0 Å². The van der Waals surface area contributed by atoms with Crippen molar-refractivity contribution < 1.29 is 0 Å². The monoisotopic (exact) mass is 486 g/mol. The molecule has 2 unspecified atom stereocenters. The zero-order valence-corrected chi connectivity index (χ0v) is 24.1. The summed E-state index contributed by atoms with van der Waals surface area (Å²) in [6, 6.07) is 1.41. The molecule has 2 aliphatic carbocycles. The fourth-order valence-electron chi connectivity index (χ4n) is 7.42. The highest BCUT2D eigenvalue weighted by molar-refractivity contribution is 5.90. The molecule has 0 aromatic heterocycles. The lowest BCUT2D eigenvalue weighted by Gasteiger charge is -2.35. The SMILES string of the molecule is CCCCC1C(C2CCCCCCCCCC2)=NN(C2CCCCCCCCCC2)C1CCCC. The van der Waals surface area contributed by atoms with Gasteiger partial charge in [0.1, 0.15) is 0 Å². The Morgan fingerprint density at radius 1 is 0.571 bits per heavy atom. The molecule has 0 amide bonds. The van der Waals surface area contributed by atoms with Gasteiger partial charge in [0.25, 0.3) is 0 Å². The van der Waals surface area contributed by atoms with Gasteiger partial charge >= 0.3 is 0 Å². The van der Waals surface area contributed by atoms with E-state index in [1.165, 1.54) is 167 Å². The van der Waals surface area contributed by atoms with Crippen molar-refractivity contribution in [3.63, 3.8) is 0 Å². The first-order valence-electron chi connectivity index (χ1n) is 16.7. The quantitative estimate of drug-likeness (QED) is 0.333. The fourth-order valence-corrected chi connectivity index (χ4v) is 7.42. The summed E-state index contributed by atoms with van der Waals surface area (Å²) in [6.45, 7) is 4.78. The highest BCUT2D eigenvalue weighted by Gasteiger charge is 2.41.